The van der Waals surface area contributed by atoms with Gasteiger partial charge >= 0.3 is 6.18 Å². The maximum Gasteiger partial charge on any atom is 0.416 e. The van der Waals surface area contributed by atoms with Crippen LogP contribution in [-0.2, 0) is 11.9 Å². The summed E-state index contributed by atoms with van der Waals surface area (Å²) in [5, 5.41) is 1.04. The van der Waals surface area contributed by atoms with Crippen molar-refractivity contribution in [2.75, 3.05) is 0 Å². The average Bonchev–Trinajstić information content (AvgIpc) is 2.67. The van der Waals surface area contributed by atoms with Crippen molar-refractivity contribution in [1.82, 2.24) is 9.97 Å². The van der Waals surface area contributed by atoms with Crippen LogP contribution in [-0.4, -0.2) is 9.97 Å². The van der Waals surface area contributed by atoms with Gasteiger partial charge in [0.2, 0.25) is 5.88 Å². The average molecular weight is 439 g/mol. The van der Waals surface area contributed by atoms with E-state index < -0.39 is 11.7 Å². The molecule has 1 aromatic heterocycles. The van der Waals surface area contributed by atoms with E-state index >= 15 is 0 Å². The van der Waals surface area contributed by atoms with Crippen LogP contribution < -0.4 is 4.74 Å². The molecule has 3 rings (SSSR count). The van der Waals surface area contributed by atoms with Crippen molar-refractivity contribution in [3.63, 3.8) is 0 Å². The molecule has 29 heavy (non-hydrogen) atoms. The van der Waals surface area contributed by atoms with Crippen molar-refractivity contribution < 1.29 is 17.9 Å². The van der Waals surface area contributed by atoms with E-state index in [4.69, 9.17) is 16.3 Å². The largest absolute Gasteiger partial charge is 0.439 e. The summed E-state index contributed by atoms with van der Waals surface area (Å²) in [6.45, 7) is 3.99. The molecule has 3 aromatic rings. The Kier molecular flexibility index (Phi) is 6.70. The molecule has 0 saturated carbocycles. The fourth-order valence-corrected chi connectivity index (χ4v) is 3.37. The second kappa shape index (κ2) is 9.05. The monoisotopic (exact) mass is 438 g/mol. The van der Waals surface area contributed by atoms with Gasteiger partial charge in [0.15, 0.2) is 5.16 Å². The molecule has 2 aromatic carbocycles. The molecule has 152 valence electrons. The third kappa shape index (κ3) is 6.11. The van der Waals surface area contributed by atoms with E-state index in [1.54, 1.807) is 36.4 Å². The number of aromatic nitrogens is 2. The molecule has 0 aliphatic rings. The van der Waals surface area contributed by atoms with E-state index in [2.05, 4.69) is 9.97 Å². The zero-order chi connectivity index (χ0) is 21.0. The van der Waals surface area contributed by atoms with Crippen molar-refractivity contribution in [2.45, 2.75) is 36.9 Å². The normalized spacial score (nSPS) is 11.7. The Hall–Kier alpha value is -2.25. The van der Waals surface area contributed by atoms with Crippen LogP contribution in [0.3, 0.4) is 0 Å². The van der Waals surface area contributed by atoms with E-state index in [1.807, 2.05) is 13.8 Å². The number of halogens is 4. The molecule has 0 fully saturated rings. The Bertz CT molecular complexity index is 978. The summed E-state index contributed by atoms with van der Waals surface area (Å²) in [6, 6.07) is 13.9. The first-order valence-corrected chi connectivity index (χ1v) is 10.2. The van der Waals surface area contributed by atoms with Crippen molar-refractivity contribution >= 4 is 23.4 Å². The summed E-state index contributed by atoms with van der Waals surface area (Å²) in [6.07, 6.45) is -4.37. The third-order valence-electron chi connectivity index (χ3n) is 3.95. The molecular formula is C21H18ClF3N2OS. The molecule has 0 spiro atoms. The number of thioether (sulfide) groups is 1. The van der Waals surface area contributed by atoms with Crippen LogP contribution in [0.5, 0.6) is 11.6 Å². The van der Waals surface area contributed by atoms with Gasteiger partial charge in [0.05, 0.1) is 11.3 Å². The number of hydrogen-bond donors (Lipinski definition) is 0. The summed E-state index contributed by atoms with van der Waals surface area (Å²) in [7, 11) is 0. The van der Waals surface area contributed by atoms with E-state index in [0.29, 0.717) is 33.1 Å². The molecule has 0 aliphatic heterocycles. The molecule has 0 bridgehead atoms. The lowest BCUT2D eigenvalue weighted by atomic mass is 10.1. The highest BCUT2D eigenvalue weighted by molar-refractivity contribution is 7.98. The highest BCUT2D eigenvalue weighted by Crippen LogP contribution is 2.32. The molecule has 0 atom stereocenters. The summed E-state index contributed by atoms with van der Waals surface area (Å²) in [4.78, 5) is 8.90. The van der Waals surface area contributed by atoms with Gasteiger partial charge in [-0.05, 0) is 41.8 Å². The van der Waals surface area contributed by atoms with Gasteiger partial charge in [-0.15, -0.1) is 0 Å². The van der Waals surface area contributed by atoms with Crippen LogP contribution in [0.1, 0.15) is 36.6 Å². The van der Waals surface area contributed by atoms with Gasteiger partial charge in [-0.3, -0.25) is 0 Å². The van der Waals surface area contributed by atoms with Crippen LogP contribution in [0.4, 0.5) is 13.2 Å². The summed E-state index contributed by atoms with van der Waals surface area (Å²) in [5.41, 5.74) is 0.665. The van der Waals surface area contributed by atoms with Gasteiger partial charge in [0.1, 0.15) is 5.75 Å². The molecule has 0 amide bonds. The predicted octanol–water partition coefficient (Wildman–Crippen LogP) is 7.36. The van der Waals surface area contributed by atoms with E-state index in [9.17, 15) is 13.2 Å². The van der Waals surface area contributed by atoms with Crippen molar-refractivity contribution in [3.05, 3.63) is 76.4 Å². The number of hydrogen-bond acceptors (Lipinski definition) is 4. The Labute approximate surface area is 176 Å². The van der Waals surface area contributed by atoms with Crippen molar-refractivity contribution in [2.24, 2.45) is 0 Å². The molecule has 8 heteroatoms. The molecule has 3 nitrogen and oxygen atoms in total. The minimum Gasteiger partial charge on any atom is -0.439 e. The molecular weight excluding hydrogens is 421 g/mol. The molecule has 0 aliphatic carbocycles. The third-order valence-corrected chi connectivity index (χ3v) is 5.12. The number of nitrogens with zero attached hydrogens (tertiary/aromatic N) is 2. The molecule has 0 unspecified atom stereocenters. The second-order valence-electron chi connectivity index (χ2n) is 6.61. The SMILES string of the molecule is CC(C)c1cc(Oc2ccc(Cl)cc2)nc(SCc2cccc(C(F)(F)F)c2)n1. The van der Waals surface area contributed by atoms with Crippen molar-refractivity contribution in [3.8, 4) is 11.6 Å². The van der Waals surface area contributed by atoms with E-state index in [1.165, 1.54) is 17.8 Å². The highest BCUT2D eigenvalue weighted by atomic mass is 35.5. The van der Waals surface area contributed by atoms with E-state index in [-0.39, 0.29) is 5.92 Å². The maximum atomic E-state index is 12.9. The summed E-state index contributed by atoms with van der Waals surface area (Å²) < 4.78 is 44.5. The first kappa shape index (κ1) is 21.5. The Morgan fingerprint density at radius 3 is 2.41 bits per heavy atom. The summed E-state index contributed by atoms with van der Waals surface area (Å²) in [5.74, 6) is 1.40. The van der Waals surface area contributed by atoms with Crippen LogP contribution in [0, 0.1) is 0 Å². The minimum atomic E-state index is -4.37. The van der Waals surface area contributed by atoms with Gasteiger partial charge in [0, 0.05) is 16.8 Å². The summed E-state index contributed by atoms with van der Waals surface area (Å²) >= 11 is 7.15. The molecule has 0 radical (unpaired) electrons. The van der Waals surface area contributed by atoms with Crippen molar-refractivity contribution in [1.29, 1.82) is 0 Å². The van der Waals surface area contributed by atoms with Crippen LogP contribution >= 0.6 is 23.4 Å². The molecule has 0 saturated heterocycles. The van der Waals surface area contributed by atoms with Gasteiger partial charge < -0.3 is 4.74 Å². The zero-order valence-corrected chi connectivity index (χ0v) is 17.3. The van der Waals surface area contributed by atoms with Crippen LogP contribution in [0.15, 0.2) is 59.8 Å². The number of benzene rings is 2. The smallest absolute Gasteiger partial charge is 0.416 e. The standard InChI is InChI=1S/C21H18ClF3N2OS/c1-13(2)18-11-19(28-17-8-6-16(22)7-9-17)27-20(26-18)29-12-14-4-3-5-15(10-14)21(23,24)25/h3-11,13H,12H2,1-2H3. The quantitative estimate of drug-likeness (QED) is 0.297. The molecule has 1 heterocycles. The Morgan fingerprint density at radius 1 is 1.03 bits per heavy atom. The fraction of sp³-hybridized carbons (Fsp3) is 0.238. The maximum absolute atomic E-state index is 12.9. The topological polar surface area (TPSA) is 35.0 Å². The number of rotatable bonds is 6. The zero-order valence-electron chi connectivity index (χ0n) is 15.7. The van der Waals surface area contributed by atoms with Crippen LogP contribution in [0.25, 0.3) is 0 Å². The first-order valence-electron chi connectivity index (χ1n) is 8.82. The number of alkyl halides is 3. The predicted molar refractivity (Wildman–Crippen MR) is 109 cm³/mol. The lowest BCUT2D eigenvalue weighted by molar-refractivity contribution is -0.137. The lowest BCUT2D eigenvalue weighted by Gasteiger charge is -2.12. The second-order valence-corrected chi connectivity index (χ2v) is 7.99. The van der Waals surface area contributed by atoms with Gasteiger partial charge in [0.25, 0.3) is 0 Å². The van der Waals surface area contributed by atoms with Gasteiger partial charge in [-0.25, -0.2) is 4.98 Å². The van der Waals surface area contributed by atoms with E-state index in [0.717, 1.165) is 17.8 Å². The highest BCUT2D eigenvalue weighted by Gasteiger charge is 2.30. The lowest BCUT2D eigenvalue weighted by Crippen LogP contribution is -2.05. The Balaban J connectivity index is 1.79. The minimum absolute atomic E-state index is 0.137. The fourth-order valence-electron chi connectivity index (χ4n) is 2.44. The molecule has 0 N–H and O–H groups in total. The van der Waals surface area contributed by atoms with Crippen LogP contribution in [0.2, 0.25) is 5.02 Å². The van der Waals surface area contributed by atoms with Gasteiger partial charge in [-0.1, -0.05) is 55.4 Å². The Morgan fingerprint density at radius 2 is 1.76 bits per heavy atom. The van der Waals surface area contributed by atoms with Gasteiger partial charge in [-0.2, -0.15) is 18.2 Å². The number of ether oxygens (including phenoxy) is 1. The first-order chi connectivity index (χ1) is 13.7.